The van der Waals surface area contributed by atoms with Gasteiger partial charge in [0.05, 0.1) is 0 Å². The SMILES string of the molecule is CCC(C)(C)Nc1nc(C(=O)O)c(C)s1. The van der Waals surface area contributed by atoms with E-state index in [0.717, 1.165) is 11.3 Å². The molecule has 15 heavy (non-hydrogen) atoms. The van der Waals surface area contributed by atoms with E-state index in [-0.39, 0.29) is 11.2 Å². The number of aryl methyl sites for hydroxylation is 1. The Morgan fingerprint density at radius 1 is 1.60 bits per heavy atom. The fraction of sp³-hybridized carbons (Fsp3) is 0.600. The summed E-state index contributed by atoms with van der Waals surface area (Å²) in [6, 6.07) is 0. The van der Waals surface area contributed by atoms with Crippen LogP contribution >= 0.6 is 11.3 Å². The molecule has 0 aromatic carbocycles. The molecule has 0 spiro atoms. The first-order valence-corrected chi connectivity index (χ1v) is 5.66. The molecule has 0 unspecified atom stereocenters. The first-order chi connectivity index (χ1) is 6.85. The van der Waals surface area contributed by atoms with Crippen molar-refractivity contribution < 1.29 is 9.90 Å². The van der Waals surface area contributed by atoms with Crippen LogP contribution in [0.2, 0.25) is 0 Å². The highest BCUT2D eigenvalue weighted by Crippen LogP contribution is 2.25. The van der Waals surface area contributed by atoms with E-state index in [9.17, 15) is 4.79 Å². The Labute approximate surface area is 93.4 Å². The van der Waals surface area contributed by atoms with Gasteiger partial charge in [0.25, 0.3) is 0 Å². The van der Waals surface area contributed by atoms with Crippen LogP contribution in [0.25, 0.3) is 0 Å². The smallest absolute Gasteiger partial charge is 0.355 e. The van der Waals surface area contributed by atoms with Crippen molar-refractivity contribution in [2.45, 2.75) is 39.7 Å². The molecule has 0 saturated carbocycles. The molecule has 0 atom stereocenters. The van der Waals surface area contributed by atoms with Crippen molar-refractivity contribution in [3.05, 3.63) is 10.6 Å². The summed E-state index contributed by atoms with van der Waals surface area (Å²) in [4.78, 5) is 15.6. The molecular weight excluding hydrogens is 212 g/mol. The van der Waals surface area contributed by atoms with Gasteiger partial charge in [0.15, 0.2) is 10.8 Å². The second kappa shape index (κ2) is 4.18. The van der Waals surface area contributed by atoms with Gasteiger partial charge in [-0.05, 0) is 27.2 Å². The molecule has 1 rings (SSSR count). The second-order valence-electron chi connectivity index (χ2n) is 4.09. The number of carboxylic acid groups (broad SMARTS) is 1. The van der Waals surface area contributed by atoms with Crippen LogP contribution in [0.3, 0.4) is 0 Å². The van der Waals surface area contributed by atoms with Crippen molar-refractivity contribution >= 4 is 22.4 Å². The fourth-order valence-electron chi connectivity index (χ4n) is 1.03. The third-order valence-electron chi connectivity index (χ3n) is 2.33. The Morgan fingerprint density at radius 2 is 2.20 bits per heavy atom. The van der Waals surface area contributed by atoms with Crippen molar-refractivity contribution in [3.63, 3.8) is 0 Å². The Kier molecular flexibility index (Phi) is 3.34. The molecule has 1 aromatic heterocycles. The molecule has 5 heteroatoms. The van der Waals surface area contributed by atoms with Gasteiger partial charge < -0.3 is 10.4 Å². The molecule has 0 aliphatic carbocycles. The first-order valence-electron chi connectivity index (χ1n) is 4.84. The van der Waals surface area contributed by atoms with Gasteiger partial charge in [0.2, 0.25) is 0 Å². The van der Waals surface area contributed by atoms with Crippen molar-refractivity contribution in [2.75, 3.05) is 5.32 Å². The number of hydrogen-bond donors (Lipinski definition) is 2. The largest absolute Gasteiger partial charge is 0.476 e. The number of rotatable bonds is 4. The summed E-state index contributed by atoms with van der Waals surface area (Å²) in [6.07, 6.45) is 0.952. The van der Waals surface area contributed by atoms with Crippen molar-refractivity contribution in [3.8, 4) is 0 Å². The van der Waals surface area contributed by atoms with Gasteiger partial charge in [-0.15, -0.1) is 11.3 Å². The van der Waals surface area contributed by atoms with Crippen LogP contribution in [0.1, 0.15) is 42.6 Å². The average Bonchev–Trinajstić information content (AvgIpc) is 2.46. The summed E-state index contributed by atoms with van der Waals surface area (Å²) >= 11 is 1.38. The predicted octanol–water partition coefficient (Wildman–Crippen LogP) is 2.75. The Hall–Kier alpha value is -1.10. The van der Waals surface area contributed by atoms with E-state index in [4.69, 9.17) is 5.11 Å². The monoisotopic (exact) mass is 228 g/mol. The standard InChI is InChI=1S/C10H16N2O2S/c1-5-10(3,4)12-9-11-7(8(13)14)6(2)15-9/h5H2,1-4H3,(H,11,12)(H,13,14). The summed E-state index contributed by atoms with van der Waals surface area (Å²) in [5.74, 6) is -0.967. The topological polar surface area (TPSA) is 62.2 Å². The highest BCUT2D eigenvalue weighted by Gasteiger charge is 2.19. The van der Waals surface area contributed by atoms with Gasteiger partial charge in [-0.3, -0.25) is 0 Å². The average molecular weight is 228 g/mol. The van der Waals surface area contributed by atoms with Crippen molar-refractivity contribution in [1.29, 1.82) is 0 Å². The lowest BCUT2D eigenvalue weighted by Crippen LogP contribution is -2.29. The van der Waals surface area contributed by atoms with E-state index < -0.39 is 5.97 Å². The van der Waals surface area contributed by atoms with Crippen molar-refractivity contribution in [2.24, 2.45) is 0 Å². The zero-order chi connectivity index (χ0) is 11.6. The van der Waals surface area contributed by atoms with E-state index >= 15 is 0 Å². The van der Waals surface area contributed by atoms with Crippen LogP contribution in [0.15, 0.2) is 0 Å². The first kappa shape index (κ1) is 12.0. The van der Waals surface area contributed by atoms with Crippen LogP contribution in [0.5, 0.6) is 0 Å². The molecular formula is C10H16N2O2S. The van der Waals surface area contributed by atoms with Crippen LogP contribution in [0, 0.1) is 6.92 Å². The molecule has 0 amide bonds. The van der Waals surface area contributed by atoms with E-state index in [0.29, 0.717) is 5.13 Å². The third-order valence-corrected chi connectivity index (χ3v) is 3.21. The van der Waals surface area contributed by atoms with Crippen LogP contribution in [0.4, 0.5) is 5.13 Å². The summed E-state index contributed by atoms with van der Waals surface area (Å²) < 4.78 is 0. The van der Waals surface area contributed by atoms with Gasteiger partial charge in [-0.2, -0.15) is 0 Å². The molecule has 0 fully saturated rings. The number of carboxylic acids is 1. The van der Waals surface area contributed by atoms with E-state index in [1.165, 1.54) is 11.3 Å². The molecule has 84 valence electrons. The minimum atomic E-state index is -0.967. The number of carbonyl (C=O) groups is 1. The van der Waals surface area contributed by atoms with Crippen LogP contribution in [-0.2, 0) is 0 Å². The second-order valence-corrected chi connectivity index (χ2v) is 5.29. The maximum Gasteiger partial charge on any atom is 0.355 e. The molecule has 1 aromatic rings. The maximum absolute atomic E-state index is 10.8. The van der Waals surface area contributed by atoms with Gasteiger partial charge >= 0.3 is 5.97 Å². The van der Waals surface area contributed by atoms with Crippen molar-refractivity contribution in [1.82, 2.24) is 4.98 Å². The molecule has 0 saturated heterocycles. The highest BCUT2D eigenvalue weighted by atomic mass is 32.1. The highest BCUT2D eigenvalue weighted by molar-refractivity contribution is 7.15. The molecule has 0 aliphatic rings. The molecule has 0 aliphatic heterocycles. The molecule has 0 bridgehead atoms. The number of nitrogens with one attached hydrogen (secondary N) is 1. The Bertz CT molecular complexity index is 371. The molecule has 2 N–H and O–H groups in total. The fourth-order valence-corrected chi connectivity index (χ4v) is 2.01. The maximum atomic E-state index is 10.8. The molecule has 0 radical (unpaired) electrons. The number of aromatic nitrogens is 1. The normalized spacial score (nSPS) is 11.5. The van der Waals surface area contributed by atoms with E-state index in [1.54, 1.807) is 6.92 Å². The summed E-state index contributed by atoms with van der Waals surface area (Å²) in [5.41, 5.74) is 0.0921. The molecule has 4 nitrogen and oxygen atoms in total. The lowest BCUT2D eigenvalue weighted by atomic mass is 10.0. The Morgan fingerprint density at radius 3 is 2.60 bits per heavy atom. The zero-order valence-corrected chi connectivity index (χ0v) is 10.2. The number of nitrogens with zero attached hydrogens (tertiary/aromatic N) is 1. The third kappa shape index (κ3) is 2.92. The van der Waals surface area contributed by atoms with Gasteiger partial charge in [-0.1, -0.05) is 6.92 Å². The van der Waals surface area contributed by atoms with Crippen LogP contribution < -0.4 is 5.32 Å². The minimum Gasteiger partial charge on any atom is -0.476 e. The summed E-state index contributed by atoms with van der Waals surface area (Å²) in [5, 5.41) is 12.8. The van der Waals surface area contributed by atoms with E-state index in [1.807, 2.05) is 0 Å². The molecule has 1 heterocycles. The number of aromatic carboxylic acids is 1. The van der Waals surface area contributed by atoms with Crippen LogP contribution in [-0.4, -0.2) is 21.6 Å². The van der Waals surface area contributed by atoms with Gasteiger partial charge in [0, 0.05) is 10.4 Å². The van der Waals surface area contributed by atoms with Gasteiger partial charge in [-0.25, -0.2) is 9.78 Å². The minimum absolute atomic E-state index is 0.0555. The summed E-state index contributed by atoms with van der Waals surface area (Å²) in [7, 11) is 0. The predicted molar refractivity (Wildman–Crippen MR) is 61.8 cm³/mol. The number of thiazole rings is 1. The number of anilines is 1. The van der Waals surface area contributed by atoms with Gasteiger partial charge in [0.1, 0.15) is 0 Å². The quantitative estimate of drug-likeness (QED) is 0.831. The zero-order valence-electron chi connectivity index (χ0n) is 9.42. The lowest BCUT2D eigenvalue weighted by molar-refractivity contribution is 0.0690. The Balaban J connectivity index is 2.89. The summed E-state index contributed by atoms with van der Waals surface area (Å²) in [6.45, 7) is 7.96. The number of hydrogen-bond acceptors (Lipinski definition) is 4. The lowest BCUT2D eigenvalue weighted by Gasteiger charge is -2.23. The van der Waals surface area contributed by atoms with E-state index in [2.05, 4.69) is 31.1 Å².